The Bertz CT molecular complexity index is 627. The van der Waals surface area contributed by atoms with Crippen molar-refractivity contribution in [3.63, 3.8) is 0 Å². The summed E-state index contributed by atoms with van der Waals surface area (Å²) in [5, 5.41) is 1.46. The first-order valence-corrected chi connectivity index (χ1v) is 7.67. The Morgan fingerprint density at radius 3 is 3.05 bits per heavy atom. The van der Waals surface area contributed by atoms with Crippen LogP contribution in [0.2, 0.25) is 0 Å². The second-order valence-electron chi connectivity index (χ2n) is 6.64. The fourth-order valence-electron chi connectivity index (χ4n) is 4.52. The molecule has 2 aliphatic rings. The van der Waals surface area contributed by atoms with Crippen molar-refractivity contribution >= 4 is 10.9 Å². The first kappa shape index (κ1) is 11.5. The van der Waals surface area contributed by atoms with Crippen LogP contribution in [0.1, 0.15) is 37.9 Å². The topological polar surface area (TPSA) is 20.2 Å². The van der Waals surface area contributed by atoms with Crippen LogP contribution in [0.5, 0.6) is 0 Å². The van der Waals surface area contributed by atoms with E-state index in [1.54, 1.807) is 10.5 Å². The third-order valence-electron chi connectivity index (χ3n) is 5.63. The highest BCUT2D eigenvalue weighted by Gasteiger charge is 2.50. The van der Waals surface area contributed by atoms with E-state index in [1.165, 1.54) is 48.9 Å². The Morgan fingerprint density at radius 1 is 1.37 bits per heavy atom. The predicted octanol–water partition coefficient (Wildman–Crippen LogP) is 2.25. The smallest absolute Gasteiger partial charge is 0.136 e. The maximum absolute atomic E-state index is 3.75. The van der Waals surface area contributed by atoms with E-state index in [4.69, 9.17) is 0 Å². The van der Waals surface area contributed by atoms with Gasteiger partial charge in [0.15, 0.2) is 0 Å². The molecule has 1 aromatic carbocycles. The van der Waals surface area contributed by atoms with E-state index in [2.05, 4.69) is 43.1 Å². The quantitative estimate of drug-likeness (QED) is 0.779. The Kier molecular flexibility index (Phi) is 2.34. The molecule has 0 aliphatic carbocycles. The summed E-state index contributed by atoms with van der Waals surface area (Å²) in [6, 6.07) is 8.82. The standard InChI is InChI=1S/C17H22N2/c1-3-12-10-17(2)16-14(8-9-19(17)11-12)13-6-4-5-7-15(13)18-16/h4-7,12,18H,3,8-11H2,1-2H3/p+1/t12-,17-/m1/s1. The normalized spacial score (nSPS) is 33.4. The molecule has 4 rings (SSSR count). The van der Waals surface area contributed by atoms with Crippen LogP contribution < -0.4 is 4.90 Å². The van der Waals surface area contributed by atoms with Crippen molar-refractivity contribution in [2.45, 2.75) is 38.6 Å². The Morgan fingerprint density at radius 2 is 2.21 bits per heavy atom. The molecule has 1 aromatic heterocycles. The largest absolute Gasteiger partial charge is 0.353 e. The molecular formula is C17H23N2+. The van der Waals surface area contributed by atoms with Gasteiger partial charge in [-0.25, -0.2) is 0 Å². The van der Waals surface area contributed by atoms with Crippen molar-refractivity contribution in [2.75, 3.05) is 13.1 Å². The summed E-state index contributed by atoms with van der Waals surface area (Å²) < 4.78 is 0. The highest BCUT2D eigenvalue weighted by Crippen LogP contribution is 2.37. The summed E-state index contributed by atoms with van der Waals surface area (Å²) in [6.07, 6.45) is 3.91. The Balaban J connectivity index is 1.90. The van der Waals surface area contributed by atoms with E-state index < -0.39 is 0 Å². The van der Waals surface area contributed by atoms with Crippen LogP contribution in [0.3, 0.4) is 0 Å². The summed E-state index contributed by atoms with van der Waals surface area (Å²) in [5.41, 5.74) is 4.78. The number of hydrogen-bond acceptors (Lipinski definition) is 0. The molecule has 0 radical (unpaired) electrons. The van der Waals surface area contributed by atoms with Crippen LogP contribution in [0.25, 0.3) is 10.9 Å². The SMILES string of the molecule is CC[C@H]1C[NH+]2CCc3c([nH]c4ccccc34)[C@@]2(C)C1. The number of nitrogens with one attached hydrogen (secondary N) is 2. The van der Waals surface area contributed by atoms with Crippen LogP contribution >= 0.6 is 0 Å². The van der Waals surface area contributed by atoms with Crippen molar-refractivity contribution in [2.24, 2.45) is 5.92 Å². The number of rotatable bonds is 1. The lowest BCUT2D eigenvalue weighted by atomic mass is 9.84. The van der Waals surface area contributed by atoms with E-state index in [-0.39, 0.29) is 0 Å². The summed E-state index contributed by atoms with van der Waals surface area (Å²) >= 11 is 0. The molecule has 0 bridgehead atoms. The Labute approximate surface area is 114 Å². The zero-order valence-electron chi connectivity index (χ0n) is 11.9. The van der Waals surface area contributed by atoms with Gasteiger partial charge in [0.2, 0.25) is 0 Å². The third kappa shape index (κ3) is 1.47. The monoisotopic (exact) mass is 255 g/mol. The fourth-order valence-corrected chi connectivity index (χ4v) is 4.52. The number of hydrogen-bond donors (Lipinski definition) is 2. The van der Waals surface area contributed by atoms with Crippen molar-refractivity contribution in [3.8, 4) is 0 Å². The minimum atomic E-state index is 0.327. The molecule has 2 nitrogen and oxygen atoms in total. The first-order valence-electron chi connectivity index (χ1n) is 7.67. The second kappa shape index (κ2) is 3.86. The molecule has 1 saturated heterocycles. The summed E-state index contributed by atoms with van der Waals surface area (Å²) in [4.78, 5) is 5.56. The van der Waals surface area contributed by atoms with Crippen molar-refractivity contribution in [3.05, 3.63) is 35.5 Å². The van der Waals surface area contributed by atoms with Crippen LogP contribution in [0, 0.1) is 5.92 Å². The average molecular weight is 255 g/mol. The molecular weight excluding hydrogens is 232 g/mol. The first-order chi connectivity index (χ1) is 9.22. The predicted molar refractivity (Wildman–Crippen MR) is 78.4 cm³/mol. The van der Waals surface area contributed by atoms with Gasteiger partial charge in [-0.15, -0.1) is 0 Å². The number of aromatic nitrogens is 1. The molecule has 2 aromatic rings. The number of para-hydroxylation sites is 1. The zero-order valence-corrected chi connectivity index (χ0v) is 11.9. The van der Waals surface area contributed by atoms with Gasteiger partial charge in [0.1, 0.15) is 5.54 Å². The molecule has 0 saturated carbocycles. The number of benzene rings is 1. The van der Waals surface area contributed by atoms with Crippen molar-refractivity contribution < 1.29 is 4.90 Å². The second-order valence-corrected chi connectivity index (χ2v) is 6.64. The molecule has 1 fully saturated rings. The van der Waals surface area contributed by atoms with E-state index in [0.717, 1.165) is 5.92 Å². The molecule has 3 heterocycles. The number of quaternary nitrogens is 1. The van der Waals surface area contributed by atoms with Gasteiger partial charge in [-0.3, -0.25) is 0 Å². The maximum Gasteiger partial charge on any atom is 0.136 e. The van der Waals surface area contributed by atoms with E-state index in [9.17, 15) is 0 Å². The van der Waals surface area contributed by atoms with E-state index in [0.29, 0.717) is 5.54 Å². The van der Waals surface area contributed by atoms with Crippen LogP contribution in [-0.4, -0.2) is 18.1 Å². The van der Waals surface area contributed by atoms with Gasteiger partial charge >= 0.3 is 0 Å². The minimum absolute atomic E-state index is 0.327. The lowest BCUT2D eigenvalue weighted by molar-refractivity contribution is -0.948. The minimum Gasteiger partial charge on any atom is -0.353 e. The van der Waals surface area contributed by atoms with Crippen molar-refractivity contribution in [1.82, 2.24) is 4.98 Å². The molecule has 2 aliphatic heterocycles. The highest BCUT2D eigenvalue weighted by atomic mass is 15.2. The van der Waals surface area contributed by atoms with Crippen LogP contribution in [0.15, 0.2) is 24.3 Å². The third-order valence-corrected chi connectivity index (χ3v) is 5.63. The van der Waals surface area contributed by atoms with Gasteiger partial charge in [0.25, 0.3) is 0 Å². The van der Waals surface area contributed by atoms with Gasteiger partial charge in [-0.05, 0) is 25.0 Å². The molecule has 1 unspecified atom stereocenters. The van der Waals surface area contributed by atoms with Gasteiger partial charge < -0.3 is 9.88 Å². The van der Waals surface area contributed by atoms with Crippen molar-refractivity contribution in [1.29, 1.82) is 0 Å². The van der Waals surface area contributed by atoms with Crippen LogP contribution in [0.4, 0.5) is 0 Å². The maximum atomic E-state index is 3.75. The molecule has 2 N–H and O–H groups in total. The van der Waals surface area contributed by atoms with Gasteiger partial charge in [-0.2, -0.15) is 0 Å². The number of H-pyrrole nitrogens is 1. The van der Waals surface area contributed by atoms with Gasteiger partial charge in [0, 0.05) is 29.7 Å². The summed E-state index contributed by atoms with van der Waals surface area (Å²) in [5.74, 6) is 0.900. The van der Waals surface area contributed by atoms with E-state index >= 15 is 0 Å². The zero-order chi connectivity index (χ0) is 13.0. The van der Waals surface area contributed by atoms with Crippen LogP contribution in [-0.2, 0) is 12.0 Å². The summed E-state index contributed by atoms with van der Waals surface area (Å²) in [6.45, 7) is 7.49. The molecule has 19 heavy (non-hydrogen) atoms. The number of fused-ring (bicyclic) bond motifs is 5. The van der Waals surface area contributed by atoms with E-state index in [1.807, 2.05) is 0 Å². The molecule has 0 spiro atoms. The highest BCUT2D eigenvalue weighted by molar-refractivity contribution is 5.85. The molecule has 0 amide bonds. The van der Waals surface area contributed by atoms with Gasteiger partial charge in [-0.1, -0.05) is 25.1 Å². The average Bonchev–Trinajstić information content (AvgIpc) is 2.96. The lowest BCUT2D eigenvalue weighted by Crippen LogP contribution is -3.17. The Hall–Kier alpha value is -1.28. The lowest BCUT2D eigenvalue weighted by Gasteiger charge is -2.36. The molecule has 100 valence electrons. The summed E-state index contributed by atoms with van der Waals surface area (Å²) in [7, 11) is 0. The number of aromatic amines is 1. The molecule has 3 atom stereocenters. The molecule has 2 heteroatoms. The van der Waals surface area contributed by atoms with Gasteiger partial charge in [0.05, 0.1) is 18.8 Å². The fraction of sp³-hybridized carbons (Fsp3) is 0.529.